The van der Waals surface area contributed by atoms with Gasteiger partial charge in [0.15, 0.2) is 11.3 Å². The number of hydrogen-bond acceptors (Lipinski definition) is 6. The van der Waals surface area contributed by atoms with Gasteiger partial charge in [0.05, 0.1) is 18.7 Å². The second kappa shape index (κ2) is 7.52. The van der Waals surface area contributed by atoms with Crippen molar-refractivity contribution < 1.29 is 22.0 Å². The molecule has 0 saturated carbocycles. The van der Waals surface area contributed by atoms with Crippen LogP contribution in [0, 0.1) is 0 Å². The number of nitrogens with one attached hydrogen (secondary N) is 1. The van der Waals surface area contributed by atoms with Crippen LogP contribution in [0.5, 0.6) is 0 Å². The lowest BCUT2D eigenvalue weighted by molar-refractivity contribution is -0.138. The molecule has 0 spiro atoms. The van der Waals surface area contributed by atoms with Gasteiger partial charge in [-0.2, -0.15) is 27.9 Å². The second-order valence-corrected chi connectivity index (χ2v) is 8.83. The Balaban J connectivity index is 1.77. The van der Waals surface area contributed by atoms with Crippen LogP contribution in [-0.4, -0.2) is 49.5 Å². The molecule has 4 rings (SSSR count). The first-order chi connectivity index (χ1) is 14.8. The van der Waals surface area contributed by atoms with Gasteiger partial charge in [-0.05, 0) is 32.4 Å². The minimum Gasteiger partial charge on any atom is -0.350 e. The van der Waals surface area contributed by atoms with Crippen LogP contribution < -0.4 is 10.2 Å². The van der Waals surface area contributed by atoms with Crippen molar-refractivity contribution in [2.75, 3.05) is 23.3 Å². The van der Waals surface area contributed by atoms with Crippen LogP contribution in [0.2, 0.25) is 0 Å². The fourth-order valence-electron chi connectivity index (χ4n) is 3.52. The lowest BCUT2D eigenvalue weighted by Gasteiger charge is -2.22. The molecule has 7 nitrogen and oxygen atoms in total. The van der Waals surface area contributed by atoms with Crippen molar-refractivity contribution in [1.82, 2.24) is 25.0 Å². The number of rotatable bonds is 4. The third-order valence-electron chi connectivity index (χ3n) is 4.86. The summed E-state index contributed by atoms with van der Waals surface area (Å²) in [6.07, 6.45) is -4.85. The van der Waals surface area contributed by atoms with Crippen molar-refractivity contribution in [3.63, 3.8) is 0 Å². The van der Waals surface area contributed by atoms with E-state index < -0.39 is 29.7 Å². The molecule has 12 heteroatoms. The number of aromatic nitrogens is 5. The van der Waals surface area contributed by atoms with Gasteiger partial charge in [0.2, 0.25) is 11.6 Å². The van der Waals surface area contributed by atoms with E-state index >= 15 is 0 Å². The Morgan fingerprint density at radius 3 is 2.41 bits per heavy atom. The summed E-state index contributed by atoms with van der Waals surface area (Å²) in [6, 6.07) is 5.14. The maximum absolute atomic E-state index is 13.9. The smallest absolute Gasteiger partial charge is 0.350 e. The van der Waals surface area contributed by atoms with E-state index in [4.69, 9.17) is 0 Å². The zero-order chi connectivity index (χ0) is 23.3. The SMILES string of the molecule is CC(C)(C)Nc1nc(N2CCC(F)(F)C2)c2nn(Cc3ccccc3C(F)(F)F)nc2n1. The molecule has 1 saturated heterocycles. The van der Waals surface area contributed by atoms with Gasteiger partial charge in [-0.1, -0.05) is 18.2 Å². The van der Waals surface area contributed by atoms with Crippen molar-refractivity contribution in [2.45, 2.75) is 51.4 Å². The highest BCUT2D eigenvalue weighted by molar-refractivity contribution is 5.84. The Morgan fingerprint density at radius 1 is 1.06 bits per heavy atom. The van der Waals surface area contributed by atoms with E-state index in [-0.39, 0.29) is 48.0 Å². The summed E-state index contributed by atoms with van der Waals surface area (Å²) in [7, 11) is 0. The molecule has 32 heavy (non-hydrogen) atoms. The molecule has 0 radical (unpaired) electrons. The van der Waals surface area contributed by atoms with E-state index in [2.05, 4.69) is 25.5 Å². The molecule has 3 heterocycles. The van der Waals surface area contributed by atoms with Crippen LogP contribution >= 0.6 is 0 Å². The molecular weight excluding hydrogens is 433 g/mol. The maximum Gasteiger partial charge on any atom is 0.416 e. The number of fused-ring (bicyclic) bond motifs is 1. The van der Waals surface area contributed by atoms with Gasteiger partial charge in [0.1, 0.15) is 0 Å². The first-order valence-corrected chi connectivity index (χ1v) is 10.00. The number of anilines is 2. The van der Waals surface area contributed by atoms with Gasteiger partial charge < -0.3 is 10.2 Å². The lowest BCUT2D eigenvalue weighted by Crippen LogP contribution is -2.29. The minimum absolute atomic E-state index is 0.0180. The summed E-state index contributed by atoms with van der Waals surface area (Å²) in [5.74, 6) is -2.51. The van der Waals surface area contributed by atoms with Crippen LogP contribution in [0.3, 0.4) is 0 Å². The largest absolute Gasteiger partial charge is 0.416 e. The Kier molecular flexibility index (Phi) is 5.21. The minimum atomic E-state index is -4.53. The zero-order valence-corrected chi connectivity index (χ0v) is 17.7. The average Bonchev–Trinajstić information content (AvgIpc) is 3.21. The van der Waals surface area contributed by atoms with E-state index in [1.807, 2.05) is 20.8 Å². The molecule has 1 fully saturated rings. The predicted octanol–water partition coefficient (Wildman–Crippen LogP) is 4.34. The topological polar surface area (TPSA) is 71.8 Å². The summed E-state index contributed by atoms with van der Waals surface area (Å²) in [4.78, 5) is 11.2. The molecule has 0 bridgehead atoms. The van der Waals surface area contributed by atoms with E-state index in [0.717, 1.165) is 10.9 Å². The number of alkyl halides is 5. The van der Waals surface area contributed by atoms with E-state index in [1.165, 1.54) is 23.1 Å². The lowest BCUT2D eigenvalue weighted by atomic mass is 10.1. The van der Waals surface area contributed by atoms with Crippen LogP contribution in [0.4, 0.5) is 33.7 Å². The van der Waals surface area contributed by atoms with Gasteiger partial charge in [0, 0.05) is 18.5 Å². The third kappa shape index (κ3) is 4.73. The van der Waals surface area contributed by atoms with Crippen molar-refractivity contribution in [3.05, 3.63) is 35.4 Å². The number of halogens is 5. The molecule has 0 atom stereocenters. The highest BCUT2D eigenvalue weighted by Gasteiger charge is 2.40. The highest BCUT2D eigenvalue weighted by Crippen LogP contribution is 2.34. The Bertz CT molecular complexity index is 1130. The molecule has 1 aromatic carbocycles. The van der Waals surface area contributed by atoms with Crippen LogP contribution in [0.15, 0.2) is 24.3 Å². The fourth-order valence-corrected chi connectivity index (χ4v) is 3.52. The van der Waals surface area contributed by atoms with E-state index in [9.17, 15) is 22.0 Å². The molecule has 1 aliphatic heterocycles. The van der Waals surface area contributed by atoms with Gasteiger partial charge >= 0.3 is 6.18 Å². The fraction of sp³-hybridized carbons (Fsp3) is 0.500. The molecule has 172 valence electrons. The summed E-state index contributed by atoms with van der Waals surface area (Å²) >= 11 is 0. The molecule has 2 aromatic heterocycles. The highest BCUT2D eigenvalue weighted by atomic mass is 19.4. The van der Waals surface area contributed by atoms with Crippen molar-refractivity contribution in [2.24, 2.45) is 0 Å². The van der Waals surface area contributed by atoms with Crippen molar-refractivity contribution in [1.29, 1.82) is 0 Å². The normalized spacial score (nSPS) is 16.7. The molecule has 0 amide bonds. The monoisotopic (exact) mass is 455 g/mol. The van der Waals surface area contributed by atoms with Crippen LogP contribution in [0.25, 0.3) is 11.2 Å². The summed E-state index contributed by atoms with van der Waals surface area (Å²) in [6.45, 7) is 4.93. The van der Waals surface area contributed by atoms with Crippen LogP contribution in [-0.2, 0) is 12.7 Å². The number of hydrogen-bond donors (Lipinski definition) is 1. The first-order valence-electron chi connectivity index (χ1n) is 10.00. The van der Waals surface area contributed by atoms with E-state index in [1.54, 1.807) is 0 Å². The van der Waals surface area contributed by atoms with Crippen molar-refractivity contribution in [3.8, 4) is 0 Å². The summed E-state index contributed by atoms with van der Waals surface area (Å²) < 4.78 is 67.8. The molecule has 1 aliphatic rings. The Hall–Kier alpha value is -3.05. The quantitative estimate of drug-likeness (QED) is 0.590. The number of benzene rings is 1. The summed E-state index contributed by atoms with van der Waals surface area (Å²) in [5, 5.41) is 11.6. The number of nitrogens with zero attached hydrogens (tertiary/aromatic N) is 6. The zero-order valence-electron chi connectivity index (χ0n) is 17.7. The molecule has 3 aromatic rings. The van der Waals surface area contributed by atoms with Gasteiger partial charge in [0.25, 0.3) is 5.92 Å². The van der Waals surface area contributed by atoms with Gasteiger partial charge in [-0.3, -0.25) is 0 Å². The molecule has 0 unspecified atom stereocenters. The summed E-state index contributed by atoms with van der Waals surface area (Å²) in [5.41, 5.74) is -0.952. The predicted molar refractivity (Wildman–Crippen MR) is 109 cm³/mol. The van der Waals surface area contributed by atoms with Crippen molar-refractivity contribution >= 4 is 22.9 Å². The first kappa shape index (κ1) is 22.2. The van der Waals surface area contributed by atoms with Gasteiger partial charge in [-0.25, -0.2) is 8.78 Å². The average molecular weight is 455 g/mol. The molecule has 0 aliphatic carbocycles. The van der Waals surface area contributed by atoms with E-state index in [0.29, 0.717) is 0 Å². The Labute approximate surface area is 180 Å². The Morgan fingerprint density at radius 2 is 1.78 bits per heavy atom. The second-order valence-electron chi connectivity index (χ2n) is 8.83. The third-order valence-corrected chi connectivity index (χ3v) is 4.86. The van der Waals surface area contributed by atoms with Gasteiger partial charge in [-0.15, -0.1) is 10.2 Å². The maximum atomic E-state index is 13.9. The molecular formula is C20H22F5N7. The molecule has 1 N–H and O–H groups in total. The standard InChI is InChI=1S/C20H22F5N7/c1-18(2,3)28-17-26-15-14(16(27-17)31-9-8-19(21,22)11-31)29-32(30-15)10-12-6-4-5-7-13(12)20(23,24)25/h4-7H,8-11H2,1-3H3,(H,26,28,30). The van der Waals surface area contributed by atoms with Crippen LogP contribution in [0.1, 0.15) is 38.3 Å².